The molecule has 5 heteroatoms. The quantitative estimate of drug-likeness (QED) is 0.750. The fourth-order valence-electron chi connectivity index (χ4n) is 2.64. The lowest BCUT2D eigenvalue weighted by molar-refractivity contribution is -0.138. The highest BCUT2D eigenvalue weighted by atomic mass is 16.2. The molecule has 0 aromatic carbocycles. The van der Waals surface area contributed by atoms with Crippen molar-refractivity contribution in [1.82, 2.24) is 15.5 Å². The smallest absolute Gasteiger partial charge is 0.239 e. The largest absolute Gasteiger partial charge is 0.350 e. The van der Waals surface area contributed by atoms with E-state index in [1.807, 2.05) is 0 Å². The van der Waals surface area contributed by atoms with Gasteiger partial charge in [-0.05, 0) is 31.7 Å². The first-order valence-corrected chi connectivity index (χ1v) is 6.94. The average molecular weight is 253 g/mol. The van der Waals surface area contributed by atoms with Crippen molar-refractivity contribution < 1.29 is 9.59 Å². The molecule has 102 valence electrons. The zero-order valence-electron chi connectivity index (χ0n) is 11.1. The first-order valence-electron chi connectivity index (χ1n) is 6.94. The number of likely N-dealkylation sites (tertiary alicyclic amines) is 1. The van der Waals surface area contributed by atoms with Crippen molar-refractivity contribution in [2.75, 3.05) is 26.2 Å². The molecular formula is C13H23N3O2. The second-order valence-electron chi connectivity index (χ2n) is 5.42. The molecule has 2 fully saturated rings. The van der Waals surface area contributed by atoms with Gasteiger partial charge in [-0.1, -0.05) is 6.92 Å². The van der Waals surface area contributed by atoms with Crippen LogP contribution in [0, 0.1) is 5.92 Å². The van der Waals surface area contributed by atoms with Gasteiger partial charge in [-0.2, -0.15) is 0 Å². The van der Waals surface area contributed by atoms with Crippen LogP contribution >= 0.6 is 0 Å². The predicted octanol–water partition coefficient (Wildman–Crippen LogP) is 0.113. The van der Waals surface area contributed by atoms with Crippen molar-refractivity contribution in [3.63, 3.8) is 0 Å². The van der Waals surface area contributed by atoms with Crippen LogP contribution in [0.1, 0.15) is 32.6 Å². The number of carbonyl (C=O) groups excluding carboxylic acids is 2. The molecule has 0 saturated carbocycles. The summed E-state index contributed by atoms with van der Waals surface area (Å²) in [6.07, 6.45) is 3.66. The number of piperidine rings is 2. The summed E-state index contributed by atoms with van der Waals surface area (Å²) >= 11 is 0. The Labute approximate surface area is 108 Å². The number of rotatable bonds is 3. The van der Waals surface area contributed by atoms with Gasteiger partial charge in [0.25, 0.3) is 0 Å². The molecule has 2 aliphatic rings. The van der Waals surface area contributed by atoms with E-state index < -0.39 is 0 Å². The van der Waals surface area contributed by atoms with Gasteiger partial charge in [0.1, 0.15) is 0 Å². The molecular weight excluding hydrogens is 230 g/mol. The van der Waals surface area contributed by atoms with Crippen LogP contribution in [0.25, 0.3) is 0 Å². The molecule has 2 unspecified atom stereocenters. The summed E-state index contributed by atoms with van der Waals surface area (Å²) in [6, 6.07) is 0.200. The van der Waals surface area contributed by atoms with E-state index in [1.54, 1.807) is 4.90 Å². The number of amides is 2. The first kappa shape index (κ1) is 13.3. The molecule has 0 aliphatic carbocycles. The van der Waals surface area contributed by atoms with E-state index in [9.17, 15) is 9.59 Å². The number of nitrogens with zero attached hydrogens (tertiary/aromatic N) is 1. The highest BCUT2D eigenvalue weighted by Gasteiger charge is 2.25. The molecule has 0 aromatic heterocycles. The molecule has 2 aliphatic heterocycles. The predicted molar refractivity (Wildman–Crippen MR) is 69.0 cm³/mol. The molecule has 2 N–H and O–H groups in total. The van der Waals surface area contributed by atoms with Gasteiger partial charge in [-0.3, -0.25) is 9.59 Å². The molecule has 2 heterocycles. The van der Waals surface area contributed by atoms with E-state index in [-0.39, 0.29) is 24.4 Å². The number of nitrogens with one attached hydrogen (secondary N) is 2. The third kappa shape index (κ3) is 3.45. The molecule has 0 radical (unpaired) electrons. The van der Waals surface area contributed by atoms with Crippen LogP contribution in [-0.2, 0) is 9.59 Å². The highest BCUT2D eigenvalue weighted by Crippen LogP contribution is 2.12. The van der Waals surface area contributed by atoms with Crippen molar-refractivity contribution in [1.29, 1.82) is 0 Å². The van der Waals surface area contributed by atoms with E-state index in [4.69, 9.17) is 0 Å². The van der Waals surface area contributed by atoms with Crippen LogP contribution in [-0.4, -0.2) is 48.9 Å². The monoisotopic (exact) mass is 253 g/mol. The summed E-state index contributed by atoms with van der Waals surface area (Å²) in [7, 11) is 0. The van der Waals surface area contributed by atoms with E-state index in [0.29, 0.717) is 12.3 Å². The zero-order valence-corrected chi connectivity index (χ0v) is 11.1. The van der Waals surface area contributed by atoms with Gasteiger partial charge in [0.05, 0.1) is 6.54 Å². The molecule has 18 heavy (non-hydrogen) atoms. The van der Waals surface area contributed by atoms with Gasteiger partial charge < -0.3 is 15.5 Å². The van der Waals surface area contributed by atoms with Crippen LogP contribution in [0.3, 0.4) is 0 Å². The van der Waals surface area contributed by atoms with Crippen molar-refractivity contribution in [3.8, 4) is 0 Å². The normalized spacial score (nSPS) is 29.2. The molecule has 0 aromatic rings. The Hall–Kier alpha value is -1.10. The van der Waals surface area contributed by atoms with E-state index in [2.05, 4.69) is 17.6 Å². The van der Waals surface area contributed by atoms with Gasteiger partial charge >= 0.3 is 0 Å². The number of hydrogen-bond acceptors (Lipinski definition) is 3. The van der Waals surface area contributed by atoms with Gasteiger partial charge in [-0.15, -0.1) is 0 Å². The van der Waals surface area contributed by atoms with E-state index in [1.165, 1.54) is 0 Å². The maximum absolute atomic E-state index is 11.9. The molecule has 0 spiro atoms. The summed E-state index contributed by atoms with van der Waals surface area (Å²) in [5, 5.41) is 6.33. The minimum atomic E-state index is -0.0224. The standard InChI is InChI=1S/C13H23N3O2/c1-10-5-6-14-8-11(10)15-12(17)9-16-7-3-2-4-13(16)18/h10-11,14H,2-9H2,1H3,(H,15,17). The van der Waals surface area contributed by atoms with Crippen molar-refractivity contribution in [3.05, 3.63) is 0 Å². The molecule has 2 saturated heterocycles. The summed E-state index contributed by atoms with van der Waals surface area (Å²) in [6.45, 7) is 4.98. The Balaban J connectivity index is 1.78. The third-order valence-electron chi connectivity index (χ3n) is 3.93. The first-order chi connectivity index (χ1) is 8.66. The SMILES string of the molecule is CC1CCNCC1NC(=O)CN1CCCCC1=O. The molecule has 0 bridgehead atoms. The van der Waals surface area contributed by atoms with Gasteiger partial charge in [-0.25, -0.2) is 0 Å². The minimum absolute atomic E-state index is 0.0224. The van der Waals surface area contributed by atoms with Crippen molar-refractivity contribution in [2.45, 2.75) is 38.6 Å². The average Bonchev–Trinajstić information content (AvgIpc) is 2.35. The second kappa shape index (κ2) is 6.18. The van der Waals surface area contributed by atoms with Crippen LogP contribution in [0.15, 0.2) is 0 Å². The zero-order chi connectivity index (χ0) is 13.0. The fraction of sp³-hybridized carbons (Fsp3) is 0.846. The maximum atomic E-state index is 11.9. The summed E-state index contributed by atoms with van der Waals surface area (Å²) < 4.78 is 0. The Morgan fingerprint density at radius 3 is 3.06 bits per heavy atom. The second-order valence-corrected chi connectivity index (χ2v) is 5.42. The van der Waals surface area contributed by atoms with Crippen LogP contribution in [0.4, 0.5) is 0 Å². The molecule has 2 rings (SSSR count). The van der Waals surface area contributed by atoms with Crippen molar-refractivity contribution in [2.24, 2.45) is 5.92 Å². The number of carbonyl (C=O) groups is 2. The highest BCUT2D eigenvalue weighted by molar-refractivity contribution is 5.85. The Morgan fingerprint density at radius 2 is 2.33 bits per heavy atom. The Morgan fingerprint density at radius 1 is 1.50 bits per heavy atom. The number of hydrogen-bond donors (Lipinski definition) is 2. The van der Waals surface area contributed by atoms with Crippen LogP contribution < -0.4 is 10.6 Å². The summed E-state index contributed by atoms with van der Waals surface area (Å²) in [5.74, 6) is 0.601. The lowest BCUT2D eigenvalue weighted by Gasteiger charge is -2.32. The van der Waals surface area contributed by atoms with Gasteiger partial charge in [0.15, 0.2) is 0 Å². The third-order valence-corrected chi connectivity index (χ3v) is 3.93. The van der Waals surface area contributed by atoms with E-state index in [0.717, 1.165) is 38.9 Å². The van der Waals surface area contributed by atoms with Gasteiger partial charge in [0, 0.05) is 25.6 Å². The van der Waals surface area contributed by atoms with Crippen LogP contribution in [0.5, 0.6) is 0 Å². The Bertz CT molecular complexity index is 319. The summed E-state index contributed by atoms with van der Waals surface area (Å²) in [4.78, 5) is 25.2. The topological polar surface area (TPSA) is 61.4 Å². The molecule has 5 nitrogen and oxygen atoms in total. The van der Waals surface area contributed by atoms with Crippen molar-refractivity contribution >= 4 is 11.8 Å². The van der Waals surface area contributed by atoms with Crippen LogP contribution in [0.2, 0.25) is 0 Å². The fourth-order valence-corrected chi connectivity index (χ4v) is 2.64. The lowest BCUT2D eigenvalue weighted by Crippen LogP contribution is -2.53. The lowest BCUT2D eigenvalue weighted by atomic mass is 9.95. The molecule has 2 atom stereocenters. The maximum Gasteiger partial charge on any atom is 0.239 e. The molecule has 2 amide bonds. The van der Waals surface area contributed by atoms with Gasteiger partial charge in [0.2, 0.25) is 11.8 Å². The summed E-state index contributed by atoms with van der Waals surface area (Å²) in [5.41, 5.74) is 0. The minimum Gasteiger partial charge on any atom is -0.350 e. The van der Waals surface area contributed by atoms with E-state index >= 15 is 0 Å². The Kier molecular flexibility index (Phi) is 4.58.